The molecule has 1 atom stereocenters. The number of urea groups is 1. The molecular formula is C21H29N3O3S. The van der Waals surface area contributed by atoms with Crippen molar-refractivity contribution >= 4 is 21.7 Å². The highest BCUT2D eigenvalue weighted by molar-refractivity contribution is 7.89. The van der Waals surface area contributed by atoms with Gasteiger partial charge in [-0.05, 0) is 64.3 Å². The number of benzene rings is 2. The Bertz CT molecular complexity index is 891. The van der Waals surface area contributed by atoms with Crippen molar-refractivity contribution in [3.05, 3.63) is 60.2 Å². The minimum atomic E-state index is -3.66. The van der Waals surface area contributed by atoms with Crippen LogP contribution in [0.3, 0.4) is 0 Å². The number of hydrogen-bond donors (Lipinski definition) is 3. The number of rotatable bonds is 7. The molecule has 0 radical (unpaired) electrons. The number of nitrogens with one attached hydrogen (secondary N) is 3. The van der Waals surface area contributed by atoms with Gasteiger partial charge in [0.05, 0.1) is 4.90 Å². The van der Waals surface area contributed by atoms with Gasteiger partial charge in [-0.25, -0.2) is 17.9 Å². The van der Waals surface area contributed by atoms with Crippen LogP contribution < -0.4 is 15.4 Å². The molecule has 6 nitrogen and oxygen atoms in total. The fourth-order valence-electron chi connectivity index (χ4n) is 2.69. The number of sulfonamides is 1. The van der Waals surface area contributed by atoms with Gasteiger partial charge in [-0.1, -0.05) is 36.4 Å². The summed E-state index contributed by atoms with van der Waals surface area (Å²) in [6.45, 7) is 7.27. The first-order valence-electron chi connectivity index (χ1n) is 9.31. The molecule has 0 bridgehead atoms. The van der Waals surface area contributed by atoms with E-state index in [1.54, 1.807) is 32.9 Å². The quantitative estimate of drug-likeness (QED) is 0.655. The van der Waals surface area contributed by atoms with E-state index < -0.39 is 15.6 Å². The van der Waals surface area contributed by atoms with E-state index in [0.717, 1.165) is 12.8 Å². The maximum absolute atomic E-state index is 12.4. The topological polar surface area (TPSA) is 87.3 Å². The Kier molecular flexibility index (Phi) is 7.21. The minimum Gasteiger partial charge on any atom is -0.335 e. The average molecular weight is 404 g/mol. The highest BCUT2D eigenvalue weighted by Gasteiger charge is 2.22. The van der Waals surface area contributed by atoms with Gasteiger partial charge in [0.1, 0.15) is 0 Å². The normalized spacial score (nSPS) is 13.0. The highest BCUT2D eigenvalue weighted by Crippen LogP contribution is 2.17. The van der Waals surface area contributed by atoms with E-state index in [0.29, 0.717) is 5.69 Å². The molecule has 2 amide bonds. The van der Waals surface area contributed by atoms with Crippen LogP contribution in [0.2, 0.25) is 0 Å². The summed E-state index contributed by atoms with van der Waals surface area (Å²) in [6, 6.07) is 15.9. The van der Waals surface area contributed by atoms with Crippen LogP contribution >= 0.6 is 0 Å². The second-order valence-corrected chi connectivity index (χ2v) is 9.59. The molecule has 0 aliphatic heterocycles. The van der Waals surface area contributed by atoms with E-state index in [9.17, 15) is 13.2 Å². The van der Waals surface area contributed by atoms with Crippen molar-refractivity contribution in [2.45, 2.75) is 57.0 Å². The number of hydrogen-bond acceptors (Lipinski definition) is 3. The van der Waals surface area contributed by atoms with Crippen molar-refractivity contribution in [1.29, 1.82) is 0 Å². The predicted molar refractivity (Wildman–Crippen MR) is 113 cm³/mol. The van der Waals surface area contributed by atoms with E-state index in [2.05, 4.69) is 27.5 Å². The number of anilines is 1. The molecule has 0 saturated heterocycles. The molecule has 0 spiro atoms. The third kappa shape index (κ3) is 7.32. The second-order valence-electron chi connectivity index (χ2n) is 7.91. The summed E-state index contributed by atoms with van der Waals surface area (Å²) in [7, 11) is -3.66. The fraction of sp³-hybridized carbons (Fsp3) is 0.381. The van der Waals surface area contributed by atoms with Gasteiger partial charge in [-0.2, -0.15) is 0 Å². The lowest BCUT2D eigenvalue weighted by Gasteiger charge is -2.20. The Balaban J connectivity index is 1.93. The monoisotopic (exact) mass is 403 g/mol. The maximum atomic E-state index is 12.4. The fourth-order valence-corrected chi connectivity index (χ4v) is 4.16. The van der Waals surface area contributed by atoms with Crippen molar-refractivity contribution in [2.75, 3.05) is 5.32 Å². The summed E-state index contributed by atoms with van der Waals surface area (Å²) in [5.41, 5.74) is 1.05. The first-order valence-corrected chi connectivity index (χ1v) is 10.8. The Morgan fingerprint density at radius 3 is 2.36 bits per heavy atom. The number of carbonyl (C=O) groups excluding carboxylic acids is 1. The summed E-state index contributed by atoms with van der Waals surface area (Å²) in [4.78, 5) is 12.3. The van der Waals surface area contributed by atoms with Gasteiger partial charge in [0.25, 0.3) is 0 Å². The van der Waals surface area contributed by atoms with E-state index in [4.69, 9.17) is 0 Å². The zero-order valence-corrected chi connectivity index (χ0v) is 17.6. The van der Waals surface area contributed by atoms with E-state index in [1.165, 1.54) is 17.7 Å². The highest BCUT2D eigenvalue weighted by atomic mass is 32.2. The van der Waals surface area contributed by atoms with Gasteiger partial charge >= 0.3 is 6.03 Å². The largest absolute Gasteiger partial charge is 0.335 e. The Morgan fingerprint density at radius 2 is 1.71 bits per heavy atom. The second kappa shape index (κ2) is 9.21. The third-order valence-corrected chi connectivity index (χ3v) is 5.68. The molecule has 2 rings (SSSR count). The first kappa shape index (κ1) is 21.9. The van der Waals surface area contributed by atoms with Crippen LogP contribution in [0.5, 0.6) is 0 Å². The van der Waals surface area contributed by atoms with Crippen molar-refractivity contribution in [2.24, 2.45) is 0 Å². The van der Waals surface area contributed by atoms with Crippen LogP contribution in [0.25, 0.3) is 0 Å². The lowest BCUT2D eigenvalue weighted by molar-refractivity contribution is 0.248. The zero-order valence-electron chi connectivity index (χ0n) is 16.8. The minimum absolute atomic E-state index is 0.0188. The molecule has 2 aromatic carbocycles. The van der Waals surface area contributed by atoms with Gasteiger partial charge in [0, 0.05) is 17.3 Å². The zero-order chi connectivity index (χ0) is 20.8. The van der Waals surface area contributed by atoms with E-state index >= 15 is 0 Å². The third-order valence-electron chi connectivity index (χ3n) is 3.93. The van der Waals surface area contributed by atoms with Crippen molar-refractivity contribution < 1.29 is 13.2 Å². The van der Waals surface area contributed by atoms with Crippen molar-refractivity contribution in [3.8, 4) is 0 Å². The summed E-state index contributed by atoms with van der Waals surface area (Å²) < 4.78 is 27.5. The molecule has 2 aromatic rings. The number of amides is 2. The molecular weight excluding hydrogens is 374 g/mol. The summed E-state index contributed by atoms with van der Waals surface area (Å²) in [5, 5.41) is 5.58. The molecule has 7 heteroatoms. The van der Waals surface area contributed by atoms with Gasteiger partial charge in [-0.3, -0.25) is 0 Å². The van der Waals surface area contributed by atoms with E-state index in [1.807, 2.05) is 25.1 Å². The molecule has 152 valence electrons. The summed E-state index contributed by atoms with van der Waals surface area (Å²) >= 11 is 0. The first-order chi connectivity index (χ1) is 13.0. The number of aryl methyl sites for hydroxylation is 1. The summed E-state index contributed by atoms with van der Waals surface area (Å²) in [5.74, 6) is 0. The molecule has 3 N–H and O–H groups in total. The molecule has 0 heterocycles. The number of carbonyl (C=O) groups is 1. The van der Waals surface area contributed by atoms with Crippen LogP contribution in [-0.2, 0) is 16.4 Å². The lowest BCUT2D eigenvalue weighted by Crippen LogP contribution is -2.40. The Hall–Kier alpha value is -2.38. The van der Waals surface area contributed by atoms with Gasteiger partial charge in [0.2, 0.25) is 10.0 Å². The SMILES string of the molecule is CC(CCc1ccccc1)NC(=O)Nc1cccc(S(=O)(=O)NC(C)(C)C)c1. The molecule has 0 aliphatic carbocycles. The van der Waals surface area contributed by atoms with Crippen LogP contribution in [0.1, 0.15) is 39.7 Å². The summed E-state index contributed by atoms with van der Waals surface area (Å²) in [6.07, 6.45) is 1.68. The Labute approximate surface area is 167 Å². The molecule has 0 saturated carbocycles. The van der Waals surface area contributed by atoms with Gasteiger partial charge in [0.15, 0.2) is 0 Å². The van der Waals surface area contributed by atoms with Crippen molar-refractivity contribution in [1.82, 2.24) is 10.0 Å². The van der Waals surface area contributed by atoms with Gasteiger partial charge < -0.3 is 10.6 Å². The predicted octanol–water partition coefficient (Wildman–Crippen LogP) is 3.91. The van der Waals surface area contributed by atoms with Gasteiger partial charge in [-0.15, -0.1) is 0 Å². The van der Waals surface area contributed by atoms with Crippen LogP contribution in [0.15, 0.2) is 59.5 Å². The average Bonchev–Trinajstić information content (AvgIpc) is 2.59. The Morgan fingerprint density at radius 1 is 1.04 bits per heavy atom. The maximum Gasteiger partial charge on any atom is 0.319 e. The van der Waals surface area contributed by atoms with Crippen LogP contribution in [0.4, 0.5) is 10.5 Å². The molecule has 1 unspecified atom stereocenters. The molecule has 0 aliphatic rings. The smallest absolute Gasteiger partial charge is 0.319 e. The van der Waals surface area contributed by atoms with Crippen LogP contribution in [0, 0.1) is 0 Å². The van der Waals surface area contributed by atoms with Crippen molar-refractivity contribution in [3.63, 3.8) is 0 Å². The molecule has 0 aromatic heterocycles. The van der Waals surface area contributed by atoms with E-state index in [-0.39, 0.29) is 17.0 Å². The lowest BCUT2D eigenvalue weighted by atomic mass is 10.1. The van der Waals surface area contributed by atoms with Crippen LogP contribution in [-0.4, -0.2) is 26.0 Å². The molecule has 28 heavy (non-hydrogen) atoms. The standard InChI is InChI=1S/C21H29N3O3S/c1-16(13-14-17-9-6-5-7-10-17)22-20(25)23-18-11-8-12-19(15-18)28(26,27)24-21(2,3)4/h5-12,15-16,24H,13-14H2,1-4H3,(H2,22,23,25). The molecule has 0 fully saturated rings.